The van der Waals surface area contributed by atoms with Gasteiger partial charge in [0.15, 0.2) is 8.32 Å². The number of hydrogen-bond donors (Lipinski definition) is 2. The minimum atomic E-state index is -1.79. The minimum Gasteiger partial charge on any atom is -0.416 e. The molecule has 0 aromatic carbocycles. The summed E-state index contributed by atoms with van der Waals surface area (Å²) in [6, 6.07) is 0. The van der Waals surface area contributed by atoms with Crippen LogP contribution in [0.25, 0.3) is 0 Å². The van der Waals surface area contributed by atoms with E-state index in [1.165, 1.54) is 0 Å². The molecule has 1 heterocycles. The molecule has 1 fully saturated rings. The third kappa shape index (κ3) is 3.51. The summed E-state index contributed by atoms with van der Waals surface area (Å²) in [7, 11) is -1.79. The van der Waals surface area contributed by atoms with Gasteiger partial charge in [-0.25, -0.2) is 0 Å². The summed E-state index contributed by atoms with van der Waals surface area (Å²) in [6.45, 7) is 11.6. The fourth-order valence-electron chi connectivity index (χ4n) is 1.64. The van der Waals surface area contributed by atoms with E-state index in [1.54, 1.807) is 0 Å². The van der Waals surface area contributed by atoms with Crippen LogP contribution in [0.2, 0.25) is 18.1 Å². The van der Waals surface area contributed by atoms with Gasteiger partial charge in [0.1, 0.15) is 0 Å². The van der Waals surface area contributed by atoms with Crippen molar-refractivity contribution in [3.05, 3.63) is 0 Å². The van der Waals surface area contributed by atoms with E-state index in [2.05, 4.69) is 33.9 Å². The number of ether oxygens (including phenoxy) is 1. The topological polar surface area (TPSA) is 58.9 Å². The first-order chi connectivity index (χ1) is 7.69. The van der Waals surface area contributed by atoms with E-state index >= 15 is 0 Å². The Labute approximate surface area is 105 Å². The molecule has 2 N–H and O–H groups in total. The summed E-state index contributed by atoms with van der Waals surface area (Å²) in [5.41, 5.74) is 0. The maximum atomic E-state index is 9.79. The van der Waals surface area contributed by atoms with E-state index in [0.717, 1.165) is 0 Å². The van der Waals surface area contributed by atoms with Crippen molar-refractivity contribution in [1.29, 1.82) is 0 Å². The summed E-state index contributed by atoms with van der Waals surface area (Å²) in [5, 5.41) is 19.1. The van der Waals surface area contributed by atoms with Gasteiger partial charge in [-0.1, -0.05) is 20.8 Å². The zero-order valence-corrected chi connectivity index (χ0v) is 12.6. The van der Waals surface area contributed by atoms with Gasteiger partial charge >= 0.3 is 0 Å². The maximum absolute atomic E-state index is 9.79. The SMILES string of the molecule is CC(C)(C)[Si](C)(C)OC[C@H]1[C@@H](O)CO[C@@H]1CO. The Bertz CT molecular complexity index is 249. The minimum absolute atomic E-state index is 0.0530. The lowest BCUT2D eigenvalue weighted by Gasteiger charge is -2.37. The van der Waals surface area contributed by atoms with Crippen molar-refractivity contribution in [2.75, 3.05) is 19.8 Å². The Hall–Kier alpha value is 0.0569. The highest BCUT2D eigenvalue weighted by molar-refractivity contribution is 6.74. The van der Waals surface area contributed by atoms with E-state index in [1.807, 2.05) is 0 Å². The van der Waals surface area contributed by atoms with Gasteiger partial charge in [0.05, 0.1) is 25.4 Å². The zero-order valence-electron chi connectivity index (χ0n) is 11.6. The van der Waals surface area contributed by atoms with E-state index in [9.17, 15) is 5.11 Å². The van der Waals surface area contributed by atoms with Gasteiger partial charge in [-0.2, -0.15) is 0 Å². The number of rotatable bonds is 4. The fraction of sp³-hybridized carbons (Fsp3) is 1.00. The standard InChI is InChI=1S/C12H26O4Si/c1-12(2,3)17(4,5)16-7-9-10(14)8-15-11(9)6-13/h9-11,13-14H,6-8H2,1-5H3/t9-,10-,11+/m0/s1. The Balaban J connectivity index is 2.55. The smallest absolute Gasteiger partial charge is 0.191 e. The third-order valence-electron chi connectivity index (χ3n) is 4.08. The van der Waals surface area contributed by atoms with Gasteiger partial charge in [0.2, 0.25) is 0 Å². The molecule has 5 heteroatoms. The van der Waals surface area contributed by atoms with Crippen LogP contribution in [0.15, 0.2) is 0 Å². The van der Waals surface area contributed by atoms with Crippen molar-refractivity contribution in [2.24, 2.45) is 5.92 Å². The molecular formula is C12H26O4Si. The number of aliphatic hydroxyl groups excluding tert-OH is 2. The lowest BCUT2D eigenvalue weighted by molar-refractivity contribution is 0.0275. The summed E-state index contributed by atoms with van der Waals surface area (Å²) in [4.78, 5) is 0. The summed E-state index contributed by atoms with van der Waals surface area (Å²) in [5.74, 6) is -0.103. The average Bonchev–Trinajstić information content (AvgIpc) is 2.54. The highest BCUT2D eigenvalue weighted by Crippen LogP contribution is 2.37. The third-order valence-corrected chi connectivity index (χ3v) is 8.58. The molecule has 1 aliphatic heterocycles. The van der Waals surface area contributed by atoms with Gasteiger partial charge in [0, 0.05) is 12.5 Å². The molecule has 0 unspecified atom stereocenters. The average molecular weight is 262 g/mol. The van der Waals surface area contributed by atoms with Crippen molar-refractivity contribution < 1.29 is 19.4 Å². The first kappa shape index (κ1) is 15.1. The van der Waals surface area contributed by atoms with Gasteiger partial charge in [0.25, 0.3) is 0 Å². The predicted molar refractivity (Wildman–Crippen MR) is 69.5 cm³/mol. The quantitative estimate of drug-likeness (QED) is 0.752. The molecule has 0 radical (unpaired) electrons. The zero-order chi connectivity index (χ0) is 13.3. The molecule has 1 aliphatic rings. The number of aliphatic hydroxyl groups is 2. The van der Waals surface area contributed by atoms with Crippen molar-refractivity contribution in [3.63, 3.8) is 0 Å². The van der Waals surface area contributed by atoms with Crippen LogP contribution in [0.5, 0.6) is 0 Å². The largest absolute Gasteiger partial charge is 0.416 e. The molecule has 102 valence electrons. The summed E-state index contributed by atoms with van der Waals surface area (Å²) < 4.78 is 11.4. The van der Waals surface area contributed by atoms with E-state index in [4.69, 9.17) is 14.3 Å². The maximum Gasteiger partial charge on any atom is 0.191 e. The van der Waals surface area contributed by atoms with Crippen molar-refractivity contribution in [1.82, 2.24) is 0 Å². The van der Waals surface area contributed by atoms with E-state index in [-0.39, 0.29) is 23.7 Å². The predicted octanol–water partition coefficient (Wildman–Crippen LogP) is 1.38. The normalized spacial score (nSPS) is 30.9. The second kappa shape index (κ2) is 5.36. The molecule has 0 amide bonds. The van der Waals surface area contributed by atoms with Crippen LogP contribution in [-0.4, -0.2) is 50.6 Å². The van der Waals surface area contributed by atoms with Crippen LogP contribution >= 0.6 is 0 Å². The van der Waals surface area contributed by atoms with Crippen molar-refractivity contribution in [2.45, 2.75) is 51.1 Å². The van der Waals surface area contributed by atoms with Gasteiger partial charge in [-0.05, 0) is 18.1 Å². The second-order valence-corrected chi connectivity index (χ2v) is 11.2. The molecule has 0 saturated carbocycles. The lowest BCUT2D eigenvalue weighted by atomic mass is 10.0. The summed E-state index contributed by atoms with van der Waals surface area (Å²) >= 11 is 0. The molecule has 0 aliphatic carbocycles. The first-order valence-corrected chi connectivity index (χ1v) is 9.14. The Morgan fingerprint density at radius 2 is 1.94 bits per heavy atom. The van der Waals surface area contributed by atoms with E-state index in [0.29, 0.717) is 13.2 Å². The molecule has 0 aromatic rings. The van der Waals surface area contributed by atoms with E-state index < -0.39 is 14.4 Å². The van der Waals surface area contributed by atoms with Crippen LogP contribution in [-0.2, 0) is 9.16 Å². The van der Waals surface area contributed by atoms with Crippen LogP contribution in [0.3, 0.4) is 0 Å². The Kier molecular flexibility index (Phi) is 4.77. The van der Waals surface area contributed by atoms with Gasteiger partial charge in [-0.3, -0.25) is 0 Å². The monoisotopic (exact) mass is 262 g/mol. The molecule has 3 atom stereocenters. The highest BCUT2D eigenvalue weighted by atomic mass is 28.4. The molecular weight excluding hydrogens is 236 g/mol. The van der Waals surface area contributed by atoms with Crippen LogP contribution in [0.4, 0.5) is 0 Å². The van der Waals surface area contributed by atoms with Gasteiger partial charge < -0.3 is 19.4 Å². The van der Waals surface area contributed by atoms with Gasteiger partial charge in [-0.15, -0.1) is 0 Å². The molecule has 1 rings (SSSR count). The van der Waals surface area contributed by atoms with Crippen molar-refractivity contribution in [3.8, 4) is 0 Å². The highest BCUT2D eigenvalue weighted by Gasteiger charge is 2.41. The number of hydrogen-bond acceptors (Lipinski definition) is 4. The Morgan fingerprint density at radius 1 is 1.35 bits per heavy atom. The molecule has 17 heavy (non-hydrogen) atoms. The van der Waals surface area contributed by atoms with Crippen LogP contribution in [0.1, 0.15) is 20.8 Å². The fourth-order valence-corrected chi connectivity index (χ4v) is 2.69. The summed E-state index contributed by atoms with van der Waals surface area (Å²) in [6.07, 6.45) is -0.799. The second-order valence-electron chi connectivity index (χ2n) is 6.36. The molecule has 4 nitrogen and oxygen atoms in total. The molecule has 0 bridgehead atoms. The van der Waals surface area contributed by atoms with Crippen LogP contribution in [0, 0.1) is 5.92 Å². The molecule has 0 spiro atoms. The lowest BCUT2D eigenvalue weighted by Crippen LogP contribution is -2.44. The van der Waals surface area contributed by atoms with Crippen molar-refractivity contribution >= 4 is 8.32 Å². The Morgan fingerprint density at radius 3 is 2.41 bits per heavy atom. The first-order valence-electron chi connectivity index (χ1n) is 6.23. The molecule has 1 saturated heterocycles. The molecule has 0 aromatic heterocycles. The van der Waals surface area contributed by atoms with Crippen LogP contribution < -0.4 is 0 Å².